The molecule has 0 aliphatic heterocycles. The van der Waals surface area contributed by atoms with Gasteiger partial charge < -0.3 is 9.26 Å². The molecule has 25 heavy (non-hydrogen) atoms. The number of hydrogen-bond donors (Lipinski definition) is 0. The molecule has 0 aliphatic rings. The number of fused-ring (bicyclic) bond motifs is 1. The number of hydrogen-bond acceptors (Lipinski definition) is 6. The summed E-state index contributed by atoms with van der Waals surface area (Å²) in [6.07, 6.45) is 0. The maximum absolute atomic E-state index is 5.42. The van der Waals surface area contributed by atoms with Crippen LogP contribution in [0.15, 0.2) is 47.0 Å². The molecule has 4 aromatic rings. The van der Waals surface area contributed by atoms with Gasteiger partial charge in [0.2, 0.25) is 5.82 Å². The Kier molecular flexibility index (Phi) is 3.68. The zero-order valence-electron chi connectivity index (χ0n) is 14.2. The van der Waals surface area contributed by atoms with E-state index in [1.807, 2.05) is 47.1 Å². The Bertz CT molecular complexity index is 1020. The Morgan fingerprint density at radius 3 is 2.52 bits per heavy atom. The molecule has 0 radical (unpaired) electrons. The molecule has 2 aromatic carbocycles. The molecular formula is C18H17N5O2. The van der Waals surface area contributed by atoms with Gasteiger partial charge in [0.25, 0.3) is 5.89 Å². The molecule has 0 atom stereocenters. The number of aromatic nitrogens is 5. The van der Waals surface area contributed by atoms with Crippen LogP contribution in [0.1, 0.15) is 19.9 Å². The third kappa shape index (κ3) is 2.73. The molecule has 0 fully saturated rings. The van der Waals surface area contributed by atoms with Gasteiger partial charge in [0, 0.05) is 17.2 Å². The van der Waals surface area contributed by atoms with E-state index in [0.29, 0.717) is 11.7 Å². The second kappa shape index (κ2) is 6.01. The largest absolute Gasteiger partial charge is 0.497 e. The quantitative estimate of drug-likeness (QED) is 0.565. The lowest BCUT2D eigenvalue weighted by Crippen LogP contribution is -2.02. The maximum atomic E-state index is 5.42. The molecule has 0 aliphatic carbocycles. The van der Waals surface area contributed by atoms with Crippen LogP contribution in [0.2, 0.25) is 0 Å². The van der Waals surface area contributed by atoms with E-state index in [9.17, 15) is 0 Å². The average molecular weight is 335 g/mol. The zero-order valence-corrected chi connectivity index (χ0v) is 14.2. The van der Waals surface area contributed by atoms with Crippen molar-refractivity contribution >= 4 is 11.0 Å². The first-order valence-electron chi connectivity index (χ1n) is 7.99. The van der Waals surface area contributed by atoms with Gasteiger partial charge in [0.15, 0.2) is 0 Å². The summed E-state index contributed by atoms with van der Waals surface area (Å²) >= 11 is 0. The summed E-state index contributed by atoms with van der Waals surface area (Å²) in [6, 6.07) is 13.6. The van der Waals surface area contributed by atoms with E-state index in [1.165, 1.54) is 0 Å². The fraction of sp³-hybridized carbons (Fsp3) is 0.222. The highest BCUT2D eigenvalue weighted by atomic mass is 16.5. The molecular weight excluding hydrogens is 318 g/mol. The van der Waals surface area contributed by atoms with Crippen molar-refractivity contribution in [1.82, 2.24) is 25.1 Å². The lowest BCUT2D eigenvalue weighted by Gasteiger charge is -2.04. The molecule has 0 bridgehead atoms. The summed E-state index contributed by atoms with van der Waals surface area (Å²) in [5, 5.41) is 12.5. The first-order chi connectivity index (χ1) is 12.2. The lowest BCUT2D eigenvalue weighted by molar-refractivity contribution is 0.415. The smallest absolute Gasteiger partial charge is 0.258 e. The minimum absolute atomic E-state index is 0.251. The molecule has 4 rings (SSSR count). The number of rotatable bonds is 4. The van der Waals surface area contributed by atoms with Gasteiger partial charge in [-0.2, -0.15) is 4.98 Å². The van der Waals surface area contributed by atoms with E-state index in [4.69, 9.17) is 9.26 Å². The van der Waals surface area contributed by atoms with Gasteiger partial charge >= 0.3 is 0 Å². The summed E-state index contributed by atoms with van der Waals surface area (Å²) < 4.78 is 12.5. The van der Waals surface area contributed by atoms with Crippen molar-refractivity contribution in [1.29, 1.82) is 0 Å². The average Bonchev–Trinajstić information content (AvgIpc) is 3.28. The van der Waals surface area contributed by atoms with Crippen molar-refractivity contribution in [3.05, 3.63) is 42.5 Å². The first kappa shape index (κ1) is 15.3. The topological polar surface area (TPSA) is 78.9 Å². The fourth-order valence-corrected chi connectivity index (χ4v) is 2.65. The van der Waals surface area contributed by atoms with E-state index >= 15 is 0 Å². The van der Waals surface area contributed by atoms with Crippen molar-refractivity contribution in [3.63, 3.8) is 0 Å². The Morgan fingerprint density at radius 2 is 1.80 bits per heavy atom. The van der Waals surface area contributed by atoms with Crippen LogP contribution < -0.4 is 4.74 Å². The summed E-state index contributed by atoms with van der Waals surface area (Å²) in [5.41, 5.74) is 3.46. The molecule has 7 nitrogen and oxygen atoms in total. The summed E-state index contributed by atoms with van der Waals surface area (Å²) in [5.74, 6) is 1.77. The van der Waals surface area contributed by atoms with Crippen LogP contribution in [0, 0.1) is 0 Å². The molecule has 0 N–H and O–H groups in total. The summed E-state index contributed by atoms with van der Waals surface area (Å²) in [4.78, 5) is 4.48. The van der Waals surface area contributed by atoms with Gasteiger partial charge in [-0.25, -0.2) is 4.68 Å². The second-order valence-electron chi connectivity index (χ2n) is 5.98. The molecule has 0 unspecified atom stereocenters. The Balaban J connectivity index is 1.68. The van der Waals surface area contributed by atoms with Gasteiger partial charge in [0.1, 0.15) is 11.3 Å². The van der Waals surface area contributed by atoms with E-state index in [2.05, 4.69) is 34.3 Å². The predicted octanol–water partition coefficient (Wildman–Crippen LogP) is 3.74. The van der Waals surface area contributed by atoms with Gasteiger partial charge in [-0.15, -0.1) is 5.10 Å². The van der Waals surface area contributed by atoms with Crippen molar-refractivity contribution in [2.45, 2.75) is 19.9 Å². The first-order valence-corrected chi connectivity index (χ1v) is 7.99. The van der Waals surface area contributed by atoms with Gasteiger partial charge in [-0.05, 0) is 56.3 Å². The highest BCUT2D eigenvalue weighted by Crippen LogP contribution is 2.26. The van der Waals surface area contributed by atoms with Crippen LogP contribution in [0.25, 0.3) is 33.9 Å². The molecule has 2 heterocycles. The Labute approximate surface area is 144 Å². The predicted molar refractivity (Wildman–Crippen MR) is 93.2 cm³/mol. The highest BCUT2D eigenvalue weighted by Gasteiger charge is 2.14. The number of nitrogens with zero attached hydrogens (tertiary/aromatic N) is 5. The van der Waals surface area contributed by atoms with Crippen molar-refractivity contribution < 1.29 is 9.26 Å². The monoisotopic (exact) mass is 335 g/mol. The summed E-state index contributed by atoms with van der Waals surface area (Å²) in [7, 11) is 1.63. The normalized spacial score (nSPS) is 11.4. The van der Waals surface area contributed by atoms with Crippen molar-refractivity contribution in [3.8, 4) is 28.6 Å². The third-order valence-electron chi connectivity index (χ3n) is 3.98. The highest BCUT2D eigenvalue weighted by molar-refractivity contribution is 5.80. The van der Waals surface area contributed by atoms with E-state index in [1.54, 1.807) is 7.11 Å². The Morgan fingerprint density at radius 1 is 1.04 bits per heavy atom. The van der Waals surface area contributed by atoms with Gasteiger partial charge in [0.05, 0.1) is 12.6 Å². The number of methoxy groups -OCH3 is 1. The molecule has 126 valence electrons. The minimum Gasteiger partial charge on any atom is -0.497 e. The number of benzene rings is 2. The van der Waals surface area contributed by atoms with Crippen LogP contribution in [-0.4, -0.2) is 32.2 Å². The SMILES string of the molecule is COc1ccc(-c2noc(-c3ccc4c(c3)nnn4C(C)C)n2)cc1. The van der Waals surface area contributed by atoms with E-state index < -0.39 is 0 Å². The summed E-state index contributed by atoms with van der Waals surface area (Å²) in [6.45, 7) is 4.14. The molecule has 0 spiro atoms. The maximum Gasteiger partial charge on any atom is 0.258 e. The lowest BCUT2D eigenvalue weighted by atomic mass is 10.2. The zero-order chi connectivity index (χ0) is 17.4. The van der Waals surface area contributed by atoms with Crippen molar-refractivity contribution in [2.75, 3.05) is 7.11 Å². The van der Waals surface area contributed by atoms with Crippen LogP contribution in [0.4, 0.5) is 0 Å². The third-order valence-corrected chi connectivity index (χ3v) is 3.98. The minimum atomic E-state index is 0.251. The molecule has 0 saturated heterocycles. The molecule has 0 amide bonds. The number of ether oxygens (including phenoxy) is 1. The van der Waals surface area contributed by atoms with Crippen LogP contribution in [-0.2, 0) is 0 Å². The fourth-order valence-electron chi connectivity index (χ4n) is 2.65. The standard InChI is InChI=1S/C18H17N5O2/c1-11(2)23-16-9-6-13(10-15(16)20-22-23)18-19-17(21-25-18)12-4-7-14(24-3)8-5-12/h4-11H,1-3H3. The van der Waals surface area contributed by atoms with Crippen molar-refractivity contribution in [2.24, 2.45) is 0 Å². The van der Waals surface area contributed by atoms with Crippen LogP contribution in [0.3, 0.4) is 0 Å². The van der Waals surface area contributed by atoms with Crippen LogP contribution >= 0.6 is 0 Å². The van der Waals surface area contributed by atoms with Crippen LogP contribution in [0.5, 0.6) is 5.75 Å². The Hall–Kier alpha value is -3.22. The van der Waals surface area contributed by atoms with Gasteiger partial charge in [-0.1, -0.05) is 10.4 Å². The molecule has 7 heteroatoms. The van der Waals surface area contributed by atoms with E-state index in [-0.39, 0.29) is 6.04 Å². The molecule has 2 aromatic heterocycles. The second-order valence-corrected chi connectivity index (χ2v) is 5.98. The van der Waals surface area contributed by atoms with Gasteiger partial charge in [-0.3, -0.25) is 0 Å². The molecule has 0 saturated carbocycles. The van der Waals surface area contributed by atoms with E-state index in [0.717, 1.165) is 27.9 Å².